The van der Waals surface area contributed by atoms with Gasteiger partial charge >= 0.3 is 5.69 Å². The predicted molar refractivity (Wildman–Crippen MR) is 127 cm³/mol. The fourth-order valence-electron chi connectivity index (χ4n) is 2.85. The summed E-state index contributed by atoms with van der Waals surface area (Å²) in [6, 6.07) is 1.62. The van der Waals surface area contributed by atoms with Crippen LogP contribution in [0.5, 0.6) is 0 Å². The zero-order valence-corrected chi connectivity index (χ0v) is 22.4. The van der Waals surface area contributed by atoms with Gasteiger partial charge in [-0.2, -0.15) is 4.98 Å². The summed E-state index contributed by atoms with van der Waals surface area (Å²) in [5, 5.41) is 0.189. The summed E-state index contributed by atoms with van der Waals surface area (Å²) in [7, 11) is -3.96. The van der Waals surface area contributed by atoms with Crippen molar-refractivity contribution in [3.8, 4) is 0 Å². The minimum Gasteiger partial charge on any atom is -0.414 e. The van der Waals surface area contributed by atoms with Gasteiger partial charge in [0.05, 0.1) is 12.7 Å². The van der Waals surface area contributed by atoms with Crippen LogP contribution in [0.4, 0.5) is 5.82 Å². The van der Waals surface area contributed by atoms with Gasteiger partial charge in [-0.3, -0.25) is 4.57 Å². The fourth-order valence-corrected chi connectivity index (χ4v) is 5.22. The topological polar surface area (TPSA) is 88.6 Å². The summed E-state index contributed by atoms with van der Waals surface area (Å²) in [6.07, 6.45) is 1.43. The van der Waals surface area contributed by atoms with Gasteiger partial charge < -0.3 is 19.3 Å². The lowest BCUT2D eigenvalue weighted by molar-refractivity contribution is -0.0411. The Morgan fingerprint density at radius 1 is 1.13 bits per heavy atom. The van der Waals surface area contributed by atoms with Crippen molar-refractivity contribution in [3.05, 3.63) is 22.7 Å². The zero-order chi connectivity index (χ0) is 23.1. The van der Waals surface area contributed by atoms with E-state index in [1.54, 1.807) is 12.3 Å². The molecule has 1 aliphatic heterocycles. The summed E-state index contributed by atoms with van der Waals surface area (Å²) >= 11 is 0. The molecule has 0 amide bonds. The molecule has 0 aromatic carbocycles. The highest BCUT2D eigenvalue weighted by Crippen LogP contribution is 2.42. The molecule has 0 aliphatic carbocycles. The van der Waals surface area contributed by atoms with Gasteiger partial charge in [-0.1, -0.05) is 41.5 Å². The molecule has 3 atom stereocenters. The van der Waals surface area contributed by atoms with E-state index >= 15 is 0 Å². The minimum absolute atomic E-state index is 0.0789. The van der Waals surface area contributed by atoms with Crippen molar-refractivity contribution in [2.75, 3.05) is 12.3 Å². The van der Waals surface area contributed by atoms with Crippen LogP contribution in [0.1, 0.15) is 54.2 Å². The Kier molecular flexibility index (Phi) is 7.15. The molecular weight excluding hydrogens is 414 g/mol. The number of hydrogen-bond donors (Lipinski definition) is 1. The van der Waals surface area contributed by atoms with Crippen LogP contribution in [0.15, 0.2) is 17.1 Å². The summed E-state index contributed by atoms with van der Waals surface area (Å²) in [5.74, 6) is 0.209. The quantitative estimate of drug-likeness (QED) is 0.634. The fraction of sp³-hybridized carbons (Fsp3) is 0.810. The first-order chi connectivity index (χ1) is 13.4. The lowest BCUT2D eigenvalue weighted by atomic mass is 10.2. The van der Waals surface area contributed by atoms with Crippen molar-refractivity contribution in [2.24, 2.45) is 0 Å². The molecule has 0 spiro atoms. The van der Waals surface area contributed by atoms with E-state index in [0.29, 0.717) is 13.0 Å². The van der Waals surface area contributed by atoms with Crippen LogP contribution in [0.2, 0.25) is 36.3 Å². The maximum Gasteiger partial charge on any atom is 0.351 e. The van der Waals surface area contributed by atoms with Crippen LogP contribution in [-0.2, 0) is 13.6 Å². The Labute approximate surface area is 183 Å². The first kappa shape index (κ1) is 25.3. The Bertz CT molecular complexity index is 797. The maximum absolute atomic E-state index is 12.4. The number of nitrogen functional groups attached to an aromatic ring is 1. The van der Waals surface area contributed by atoms with Gasteiger partial charge in [0, 0.05) is 12.6 Å². The first-order valence-corrected chi connectivity index (χ1v) is 16.6. The monoisotopic (exact) mass is 455 g/mol. The lowest BCUT2D eigenvalue weighted by Crippen LogP contribution is -2.48. The molecule has 172 valence electrons. The average molecular weight is 456 g/mol. The van der Waals surface area contributed by atoms with E-state index in [9.17, 15) is 4.79 Å². The summed E-state index contributed by atoms with van der Waals surface area (Å²) in [5.41, 5.74) is 5.24. The minimum atomic E-state index is -2.02. The van der Waals surface area contributed by atoms with Gasteiger partial charge in [-0.05, 0) is 42.3 Å². The van der Waals surface area contributed by atoms with Gasteiger partial charge in [0.25, 0.3) is 0 Å². The molecule has 1 aromatic rings. The molecule has 0 saturated carbocycles. The Balaban J connectivity index is 2.27. The van der Waals surface area contributed by atoms with Gasteiger partial charge in [-0.15, -0.1) is 0 Å². The van der Waals surface area contributed by atoms with Crippen LogP contribution >= 0.6 is 0 Å². The molecule has 0 radical (unpaired) electrons. The molecule has 0 unspecified atom stereocenters. The van der Waals surface area contributed by atoms with Gasteiger partial charge in [0.1, 0.15) is 18.1 Å². The second-order valence-electron chi connectivity index (χ2n) is 11.4. The molecule has 2 heterocycles. The van der Waals surface area contributed by atoms with Crippen molar-refractivity contribution in [2.45, 2.75) is 103 Å². The standard InChI is InChI=1S/C21H41N3O4Si2/c1-20(2,3)29(7,8)26-14-16-15(28-30(9,10)21(4,5)6)13-18(27-16)24-12-11-17(22)23-19(24)25/h11-12,15-16,18H,13-14H2,1-10H3,(H2,22,23,25)/t15-,16+,18-/m0/s1. The van der Waals surface area contributed by atoms with E-state index in [-0.39, 0.29) is 28.1 Å². The van der Waals surface area contributed by atoms with E-state index in [2.05, 4.69) is 72.7 Å². The largest absolute Gasteiger partial charge is 0.414 e. The molecule has 1 aliphatic rings. The van der Waals surface area contributed by atoms with Gasteiger partial charge in [-0.25, -0.2) is 4.79 Å². The number of aromatic nitrogens is 2. The van der Waals surface area contributed by atoms with Crippen molar-refractivity contribution in [1.82, 2.24) is 9.55 Å². The number of nitrogens with two attached hydrogens (primary N) is 1. The molecule has 1 fully saturated rings. The second-order valence-corrected chi connectivity index (χ2v) is 21.0. The smallest absolute Gasteiger partial charge is 0.351 e. The third-order valence-corrected chi connectivity index (χ3v) is 16.0. The van der Waals surface area contributed by atoms with Crippen molar-refractivity contribution in [1.29, 1.82) is 0 Å². The van der Waals surface area contributed by atoms with E-state index in [1.807, 2.05) is 0 Å². The average Bonchev–Trinajstić information content (AvgIpc) is 2.92. The molecule has 9 heteroatoms. The van der Waals surface area contributed by atoms with Crippen LogP contribution in [0.25, 0.3) is 0 Å². The van der Waals surface area contributed by atoms with Crippen LogP contribution in [0.3, 0.4) is 0 Å². The second kappa shape index (κ2) is 8.50. The number of ether oxygens (including phenoxy) is 1. The lowest BCUT2D eigenvalue weighted by Gasteiger charge is -2.40. The number of anilines is 1. The predicted octanol–water partition coefficient (Wildman–Crippen LogP) is 4.53. The molecule has 30 heavy (non-hydrogen) atoms. The Hall–Kier alpha value is -1.01. The third-order valence-electron chi connectivity index (χ3n) is 7.01. The van der Waals surface area contributed by atoms with Gasteiger partial charge in [0.2, 0.25) is 0 Å². The molecule has 7 nitrogen and oxygen atoms in total. The molecular formula is C21H41N3O4Si2. The van der Waals surface area contributed by atoms with E-state index in [1.165, 1.54) is 4.57 Å². The van der Waals surface area contributed by atoms with E-state index in [4.69, 9.17) is 19.3 Å². The maximum atomic E-state index is 12.4. The number of hydrogen-bond acceptors (Lipinski definition) is 6. The van der Waals surface area contributed by atoms with Gasteiger partial charge in [0.15, 0.2) is 16.6 Å². The zero-order valence-electron chi connectivity index (χ0n) is 20.4. The molecule has 1 saturated heterocycles. The third kappa shape index (κ3) is 5.61. The summed E-state index contributed by atoms with van der Waals surface area (Å²) in [4.78, 5) is 16.2. The Morgan fingerprint density at radius 2 is 1.70 bits per heavy atom. The van der Waals surface area contributed by atoms with Crippen LogP contribution in [-0.4, -0.2) is 45.0 Å². The highest BCUT2D eigenvalue weighted by Gasteiger charge is 2.46. The number of nitrogens with zero attached hydrogens (tertiary/aromatic N) is 2. The van der Waals surface area contributed by atoms with Crippen LogP contribution in [0, 0.1) is 0 Å². The summed E-state index contributed by atoms with van der Waals surface area (Å²) in [6.45, 7) is 22.7. The normalized spacial score (nSPS) is 23.7. The highest BCUT2D eigenvalue weighted by molar-refractivity contribution is 6.74. The van der Waals surface area contributed by atoms with E-state index < -0.39 is 28.6 Å². The molecule has 0 bridgehead atoms. The van der Waals surface area contributed by atoms with Crippen molar-refractivity contribution < 1.29 is 13.6 Å². The van der Waals surface area contributed by atoms with Crippen molar-refractivity contribution >= 4 is 22.5 Å². The van der Waals surface area contributed by atoms with E-state index in [0.717, 1.165) is 0 Å². The molecule has 2 N–H and O–H groups in total. The first-order valence-electron chi connectivity index (χ1n) is 10.8. The summed E-state index contributed by atoms with van der Waals surface area (Å²) < 4.78 is 21.0. The van der Waals surface area contributed by atoms with Crippen LogP contribution < -0.4 is 11.4 Å². The van der Waals surface area contributed by atoms with Crippen molar-refractivity contribution in [3.63, 3.8) is 0 Å². The molecule has 1 aromatic heterocycles. The molecule has 2 rings (SSSR count). The SMILES string of the molecule is CC(C)(C)[Si](C)(C)OC[C@H]1O[C@H](n2ccc(N)nc2=O)C[C@@H]1O[Si](C)(C)C(C)(C)C. The highest BCUT2D eigenvalue weighted by atomic mass is 28.4. The Morgan fingerprint density at radius 3 is 2.20 bits per heavy atom. The number of rotatable bonds is 6.